The number of hydrogen-bond donors (Lipinski definition) is 2. The molecule has 0 fully saturated rings. The second-order valence-corrected chi connectivity index (χ2v) is 4.70. The summed E-state index contributed by atoms with van der Waals surface area (Å²) in [5.74, 6) is 0.00741. The third kappa shape index (κ3) is 8.12. The lowest BCUT2D eigenvalue weighted by Gasteiger charge is -2.25. The van der Waals surface area contributed by atoms with E-state index >= 15 is 0 Å². The van der Waals surface area contributed by atoms with E-state index < -0.39 is 0 Å². The number of ether oxygens (including phenoxy) is 2. The minimum Gasteiger partial charge on any atom is -0.385 e. The highest BCUT2D eigenvalue weighted by Crippen LogP contribution is 2.05. The van der Waals surface area contributed by atoms with Crippen LogP contribution >= 0.6 is 0 Å². The summed E-state index contributed by atoms with van der Waals surface area (Å²) >= 11 is 0. The molecule has 0 aromatic carbocycles. The Bertz CT molecular complexity index is 220. The summed E-state index contributed by atoms with van der Waals surface area (Å²) in [7, 11) is 3.32. The molecule has 0 aromatic rings. The zero-order valence-corrected chi connectivity index (χ0v) is 11.6. The molecule has 0 spiro atoms. The topological polar surface area (TPSA) is 59.6 Å². The van der Waals surface area contributed by atoms with Gasteiger partial charge in [-0.25, -0.2) is 0 Å². The van der Waals surface area contributed by atoms with Gasteiger partial charge in [-0.3, -0.25) is 4.79 Å². The molecule has 0 aromatic heterocycles. The van der Waals surface area contributed by atoms with Gasteiger partial charge in [0.05, 0.1) is 11.6 Å². The Morgan fingerprint density at radius 1 is 1.35 bits per heavy atom. The first-order chi connectivity index (χ1) is 7.93. The number of hydrogen-bond acceptors (Lipinski definition) is 4. The van der Waals surface area contributed by atoms with Gasteiger partial charge in [-0.2, -0.15) is 0 Å². The van der Waals surface area contributed by atoms with E-state index in [9.17, 15) is 4.79 Å². The van der Waals surface area contributed by atoms with Crippen molar-refractivity contribution in [2.75, 3.05) is 33.9 Å². The van der Waals surface area contributed by atoms with Crippen molar-refractivity contribution >= 4 is 5.91 Å². The first-order valence-corrected chi connectivity index (χ1v) is 5.98. The van der Waals surface area contributed by atoms with Crippen LogP contribution in [0.1, 0.15) is 27.2 Å². The van der Waals surface area contributed by atoms with Crippen molar-refractivity contribution in [2.45, 2.75) is 38.8 Å². The van der Waals surface area contributed by atoms with Crippen LogP contribution in [0.2, 0.25) is 0 Å². The van der Waals surface area contributed by atoms with Crippen molar-refractivity contribution in [1.82, 2.24) is 10.6 Å². The number of nitrogens with one attached hydrogen (secondary N) is 2. The van der Waals surface area contributed by atoms with Gasteiger partial charge in [0.25, 0.3) is 0 Å². The summed E-state index contributed by atoms with van der Waals surface area (Å²) in [5.41, 5.74) is -0.259. The van der Waals surface area contributed by atoms with E-state index in [-0.39, 0.29) is 17.6 Å². The average Bonchev–Trinajstić information content (AvgIpc) is 2.31. The Labute approximate surface area is 104 Å². The summed E-state index contributed by atoms with van der Waals surface area (Å²) in [4.78, 5) is 11.7. The van der Waals surface area contributed by atoms with E-state index in [0.29, 0.717) is 19.7 Å². The van der Waals surface area contributed by atoms with E-state index in [1.165, 1.54) is 0 Å². The molecule has 5 nitrogen and oxygen atoms in total. The van der Waals surface area contributed by atoms with Gasteiger partial charge in [0.1, 0.15) is 0 Å². The Morgan fingerprint density at radius 3 is 2.53 bits per heavy atom. The maximum absolute atomic E-state index is 11.7. The SMILES string of the molecule is COCCCNC(=O)C(C)NCC(C)(C)OC. The maximum Gasteiger partial charge on any atom is 0.236 e. The van der Waals surface area contributed by atoms with Gasteiger partial charge >= 0.3 is 0 Å². The highest BCUT2D eigenvalue weighted by atomic mass is 16.5. The number of rotatable bonds is 9. The van der Waals surface area contributed by atoms with Crippen LogP contribution in [-0.4, -0.2) is 51.5 Å². The van der Waals surface area contributed by atoms with Crippen LogP contribution in [0.4, 0.5) is 0 Å². The van der Waals surface area contributed by atoms with Gasteiger partial charge in [0.15, 0.2) is 0 Å². The molecule has 0 bridgehead atoms. The average molecular weight is 246 g/mol. The minimum atomic E-state index is -0.259. The van der Waals surface area contributed by atoms with E-state index in [1.54, 1.807) is 14.2 Å². The van der Waals surface area contributed by atoms with Crippen molar-refractivity contribution in [3.63, 3.8) is 0 Å². The molecule has 0 aliphatic heterocycles. The fraction of sp³-hybridized carbons (Fsp3) is 0.917. The predicted octanol–water partition coefficient (Wildman–Crippen LogP) is 0.542. The summed E-state index contributed by atoms with van der Waals surface area (Å²) < 4.78 is 10.2. The summed E-state index contributed by atoms with van der Waals surface area (Å²) in [5, 5.41) is 6.00. The molecule has 1 amide bonds. The van der Waals surface area contributed by atoms with Crippen molar-refractivity contribution in [3.8, 4) is 0 Å². The van der Waals surface area contributed by atoms with Crippen molar-refractivity contribution in [2.24, 2.45) is 0 Å². The maximum atomic E-state index is 11.7. The lowest BCUT2D eigenvalue weighted by molar-refractivity contribution is -0.123. The Balaban J connectivity index is 3.74. The fourth-order valence-corrected chi connectivity index (χ4v) is 1.14. The van der Waals surface area contributed by atoms with Crippen LogP contribution in [0.3, 0.4) is 0 Å². The van der Waals surface area contributed by atoms with Gasteiger partial charge in [-0.1, -0.05) is 0 Å². The predicted molar refractivity (Wildman–Crippen MR) is 68.1 cm³/mol. The lowest BCUT2D eigenvalue weighted by atomic mass is 10.1. The third-order valence-electron chi connectivity index (χ3n) is 2.60. The zero-order valence-electron chi connectivity index (χ0n) is 11.6. The molecule has 0 saturated heterocycles. The van der Waals surface area contributed by atoms with E-state index in [0.717, 1.165) is 6.42 Å². The second-order valence-electron chi connectivity index (χ2n) is 4.70. The molecular weight excluding hydrogens is 220 g/mol. The molecule has 0 aliphatic rings. The summed E-state index contributed by atoms with van der Waals surface area (Å²) in [6.07, 6.45) is 0.832. The summed E-state index contributed by atoms with van der Waals surface area (Å²) in [6, 6.07) is -0.216. The molecule has 1 atom stereocenters. The Morgan fingerprint density at radius 2 is 2.00 bits per heavy atom. The normalized spacial score (nSPS) is 13.5. The number of carbonyl (C=O) groups excluding carboxylic acids is 1. The highest BCUT2D eigenvalue weighted by molar-refractivity contribution is 5.81. The van der Waals surface area contributed by atoms with E-state index in [1.807, 2.05) is 20.8 Å². The molecule has 2 N–H and O–H groups in total. The lowest BCUT2D eigenvalue weighted by Crippen LogP contribution is -2.47. The number of methoxy groups -OCH3 is 2. The fourth-order valence-electron chi connectivity index (χ4n) is 1.14. The quantitative estimate of drug-likeness (QED) is 0.583. The van der Waals surface area contributed by atoms with Crippen LogP contribution in [-0.2, 0) is 14.3 Å². The van der Waals surface area contributed by atoms with Crippen molar-refractivity contribution in [1.29, 1.82) is 0 Å². The van der Waals surface area contributed by atoms with Gasteiger partial charge in [0, 0.05) is 33.9 Å². The molecular formula is C12H26N2O3. The zero-order chi connectivity index (χ0) is 13.3. The van der Waals surface area contributed by atoms with Crippen LogP contribution in [0.15, 0.2) is 0 Å². The Kier molecular flexibility index (Phi) is 8.12. The van der Waals surface area contributed by atoms with Crippen LogP contribution in [0, 0.1) is 0 Å². The van der Waals surface area contributed by atoms with Crippen molar-refractivity contribution < 1.29 is 14.3 Å². The molecule has 0 radical (unpaired) electrons. The second kappa shape index (κ2) is 8.44. The monoisotopic (exact) mass is 246 g/mol. The first kappa shape index (κ1) is 16.4. The van der Waals surface area contributed by atoms with E-state index in [2.05, 4.69) is 10.6 Å². The van der Waals surface area contributed by atoms with Gasteiger partial charge < -0.3 is 20.1 Å². The van der Waals surface area contributed by atoms with Gasteiger partial charge in [0.2, 0.25) is 5.91 Å². The molecule has 102 valence electrons. The number of carbonyl (C=O) groups is 1. The molecule has 5 heteroatoms. The standard InChI is InChI=1S/C12H26N2O3/c1-10(14-9-12(2,3)17-5)11(15)13-7-6-8-16-4/h10,14H,6-9H2,1-5H3,(H,13,15). The van der Waals surface area contributed by atoms with Crippen molar-refractivity contribution in [3.05, 3.63) is 0 Å². The van der Waals surface area contributed by atoms with Crippen LogP contribution in [0.25, 0.3) is 0 Å². The number of amides is 1. The van der Waals surface area contributed by atoms with Gasteiger partial charge in [-0.05, 0) is 27.2 Å². The summed E-state index contributed by atoms with van der Waals surface area (Å²) in [6.45, 7) is 7.74. The Hall–Kier alpha value is -0.650. The third-order valence-corrected chi connectivity index (χ3v) is 2.60. The molecule has 0 rings (SSSR count). The minimum absolute atomic E-state index is 0.00741. The van der Waals surface area contributed by atoms with E-state index in [4.69, 9.17) is 9.47 Å². The molecule has 0 heterocycles. The smallest absolute Gasteiger partial charge is 0.236 e. The molecule has 1 unspecified atom stereocenters. The first-order valence-electron chi connectivity index (χ1n) is 5.98. The molecule has 0 aliphatic carbocycles. The highest BCUT2D eigenvalue weighted by Gasteiger charge is 2.19. The molecule has 17 heavy (non-hydrogen) atoms. The largest absolute Gasteiger partial charge is 0.385 e. The van der Waals surface area contributed by atoms with Crippen LogP contribution < -0.4 is 10.6 Å². The van der Waals surface area contributed by atoms with Gasteiger partial charge in [-0.15, -0.1) is 0 Å². The molecule has 0 saturated carbocycles. The van der Waals surface area contributed by atoms with Crippen LogP contribution in [0.5, 0.6) is 0 Å².